The lowest BCUT2D eigenvalue weighted by Crippen LogP contribution is -2.27. The molecule has 0 saturated carbocycles. The molecule has 8 heteroatoms. The van der Waals surface area contributed by atoms with E-state index < -0.39 is 10.8 Å². The molecule has 1 heterocycles. The first-order chi connectivity index (χ1) is 7.13. The molecule has 0 fully saturated rings. The van der Waals surface area contributed by atoms with E-state index in [1.54, 1.807) is 0 Å². The average Bonchev–Trinajstić information content (AvgIpc) is 2.64. The van der Waals surface area contributed by atoms with Gasteiger partial charge in [-0.1, -0.05) is 18.3 Å². The van der Waals surface area contributed by atoms with Crippen molar-refractivity contribution in [1.82, 2.24) is 15.5 Å². The third kappa shape index (κ3) is 3.92. The van der Waals surface area contributed by atoms with Crippen molar-refractivity contribution in [3.8, 4) is 0 Å². The maximum Gasteiger partial charge on any atom is 0.282 e. The van der Waals surface area contributed by atoms with Crippen LogP contribution in [0.1, 0.15) is 16.7 Å². The molecule has 15 heavy (non-hydrogen) atoms. The summed E-state index contributed by atoms with van der Waals surface area (Å²) in [6.45, 7) is 2.21. The Morgan fingerprint density at radius 3 is 2.87 bits per heavy atom. The third-order valence-corrected chi connectivity index (χ3v) is 3.63. The van der Waals surface area contributed by atoms with Crippen LogP contribution in [0.15, 0.2) is 0 Å². The number of hydrogen-bond donors (Lipinski definition) is 2. The molecular weight excluding hydrogens is 236 g/mol. The zero-order chi connectivity index (χ0) is 11.3. The van der Waals surface area contributed by atoms with E-state index in [-0.39, 0.29) is 16.0 Å². The van der Waals surface area contributed by atoms with Gasteiger partial charge in [0.25, 0.3) is 5.91 Å². The lowest BCUT2D eigenvalue weighted by Gasteiger charge is -2.00. The Morgan fingerprint density at radius 1 is 1.60 bits per heavy atom. The Morgan fingerprint density at radius 2 is 2.33 bits per heavy atom. The van der Waals surface area contributed by atoms with Gasteiger partial charge in [-0.25, -0.2) is 0 Å². The first-order valence-corrected chi connectivity index (χ1v) is 6.66. The van der Waals surface area contributed by atoms with Crippen LogP contribution in [0.3, 0.4) is 0 Å². The number of carbonyl (C=O) groups excluding carboxylic acids is 1. The maximum absolute atomic E-state index is 11.4. The van der Waals surface area contributed by atoms with Crippen molar-refractivity contribution in [2.24, 2.45) is 0 Å². The number of amides is 1. The molecule has 0 aliphatic carbocycles. The number of aromatic nitrogens is 2. The van der Waals surface area contributed by atoms with Crippen molar-refractivity contribution in [2.45, 2.75) is 6.92 Å². The van der Waals surface area contributed by atoms with Crippen molar-refractivity contribution in [1.29, 1.82) is 0 Å². The van der Waals surface area contributed by atoms with Crippen LogP contribution < -0.4 is 11.1 Å². The topological polar surface area (TPSA) is 98.0 Å². The molecule has 84 valence electrons. The number of nitrogen functional groups attached to an aromatic ring is 1. The zero-order valence-corrected chi connectivity index (χ0v) is 9.86. The molecule has 6 nitrogen and oxygen atoms in total. The molecule has 0 bridgehead atoms. The lowest BCUT2D eigenvalue weighted by atomic mass is 10.6. The van der Waals surface area contributed by atoms with Gasteiger partial charge in [0.15, 0.2) is 0 Å². The van der Waals surface area contributed by atoms with Crippen LogP contribution in [-0.4, -0.2) is 38.4 Å². The van der Waals surface area contributed by atoms with Crippen molar-refractivity contribution >= 4 is 33.2 Å². The van der Waals surface area contributed by atoms with Crippen molar-refractivity contribution in [3.05, 3.63) is 5.01 Å². The summed E-state index contributed by atoms with van der Waals surface area (Å²) in [7, 11) is -0.867. The average molecular weight is 248 g/mol. The molecule has 1 amide bonds. The second-order valence-corrected chi connectivity index (χ2v) is 5.51. The largest absolute Gasteiger partial charge is 0.374 e. The summed E-state index contributed by atoms with van der Waals surface area (Å²) in [6.07, 6.45) is 0. The predicted octanol–water partition coefficient (Wildman–Crippen LogP) is -0.381. The van der Waals surface area contributed by atoms with Crippen LogP contribution in [0.4, 0.5) is 5.13 Å². The summed E-state index contributed by atoms with van der Waals surface area (Å²) in [5.41, 5.74) is 5.33. The van der Waals surface area contributed by atoms with Gasteiger partial charge < -0.3 is 11.1 Å². The minimum absolute atomic E-state index is 0.231. The number of rotatable bonds is 5. The van der Waals surface area contributed by atoms with Crippen LogP contribution in [-0.2, 0) is 10.8 Å². The van der Waals surface area contributed by atoms with Gasteiger partial charge in [0.2, 0.25) is 10.1 Å². The van der Waals surface area contributed by atoms with E-state index in [4.69, 9.17) is 5.73 Å². The van der Waals surface area contributed by atoms with Gasteiger partial charge in [-0.15, -0.1) is 10.2 Å². The molecule has 3 N–H and O–H groups in total. The Bertz CT molecular complexity index is 366. The Labute approximate surface area is 93.7 Å². The second kappa shape index (κ2) is 5.76. The molecule has 0 spiro atoms. The summed E-state index contributed by atoms with van der Waals surface area (Å²) in [6, 6.07) is 0. The van der Waals surface area contributed by atoms with Gasteiger partial charge in [0.05, 0.1) is 0 Å². The normalized spacial score (nSPS) is 12.3. The minimum Gasteiger partial charge on any atom is -0.374 e. The van der Waals surface area contributed by atoms with Crippen molar-refractivity contribution in [3.63, 3.8) is 0 Å². The fourth-order valence-corrected chi connectivity index (χ4v) is 1.97. The fraction of sp³-hybridized carbons (Fsp3) is 0.571. The fourth-order valence-electron chi connectivity index (χ4n) is 0.825. The Hall–Kier alpha value is -1.02. The number of nitrogens with one attached hydrogen (secondary N) is 1. The first kappa shape index (κ1) is 12.1. The van der Waals surface area contributed by atoms with Crippen LogP contribution >= 0.6 is 11.3 Å². The third-order valence-electron chi connectivity index (χ3n) is 1.57. The molecule has 1 atom stereocenters. The van der Waals surface area contributed by atoms with Crippen molar-refractivity contribution in [2.75, 3.05) is 23.8 Å². The van der Waals surface area contributed by atoms with Gasteiger partial charge in [-0.3, -0.25) is 9.00 Å². The second-order valence-electron chi connectivity index (χ2n) is 2.63. The van der Waals surface area contributed by atoms with E-state index in [1.807, 2.05) is 6.92 Å². The van der Waals surface area contributed by atoms with Crippen LogP contribution in [0, 0.1) is 0 Å². The molecule has 1 aromatic heterocycles. The monoisotopic (exact) mass is 248 g/mol. The summed E-state index contributed by atoms with van der Waals surface area (Å²) in [5.74, 6) is 0.732. The Balaban J connectivity index is 2.34. The van der Waals surface area contributed by atoms with Gasteiger partial charge in [-0.05, 0) is 0 Å². The maximum atomic E-state index is 11.4. The molecule has 1 rings (SSSR count). The summed E-state index contributed by atoms with van der Waals surface area (Å²) in [5, 5.41) is 10.2. The highest BCUT2D eigenvalue weighted by Gasteiger charge is 2.10. The SMILES string of the molecule is CCS(=O)CCNC(=O)c1nnc(N)s1. The van der Waals surface area contributed by atoms with E-state index in [2.05, 4.69) is 15.5 Å². The predicted molar refractivity (Wildman–Crippen MR) is 60.2 cm³/mol. The van der Waals surface area contributed by atoms with Gasteiger partial charge in [0, 0.05) is 28.9 Å². The number of hydrogen-bond acceptors (Lipinski definition) is 6. The Kier molecular flexibility index (Phi) is 4.63. The van der Waals surface area contributed by atoms with E-state index >= 15 is 0 Å². The molecule has 0 aliphatic rings. The summed E-state index contributed by atoms with van der Waals surface area (Å²) >= 11 is 1.03. The first-order valence-electron chi connectivity index (χ1n) is 4.35. The molecular formula is C7H12N4O2S2. The van der Waals surface area contributed by atoms with Crippen molar-refractivity contribution < 1.29 is 9.00 Å². The summed E-state index contributed by atoms with van der Waals surface area (Å²) < 4.78 is 11.0. The number of anilines is 1. The smallest absolute Gasteiger partial charge is 0.282 e. The molecule has 1 aromatic rings. The summed E-state index contributed by atoms with van der Waals surface area (Å²) in [4.78, 5) is 11.4. The highest BCUT2D eigenvalue weighted by molar-refractivity contribution is 7.84. The molecule has 0 aliphatic heterocycles. The van der Waals surface area contributed by atoms with Gasteiger partial charge in [-0.2, -0.15) is 0 Å². The quantitative estimate of drug-likeness (QED) is 0.740. The standard InChI is InChI=1S/C7H12N4O2S2/c1-2-15(13)4-3-9-5(12)6-10-11-7(8)14-6/h2-4H2,1H3,(H2,8,11)(H,9,12). The van der Waals surface area contributed by atoms with E-state index in [0.717, 1.165) is 11.3 Å². The van der Waals surface area contributed by atoms with E-state index in [9.17, 15) is 9.00 Å². The highest BCUT2D eigenvalue weighted by Crippen LogP contribution is 2.09. The molecule has 0 saturated heterocycles. The van der Waals surface area contributed by atoms with Gasteiger partial charge in [0.1, 0.15) is 0 Å². The van der Waals surface area contributed by atoms with E-state index in [1.165, 1.54) is 0 Å². The lowest BCUT2D eigenvalue weighted by molar-refractivity contribution is 0.0955. The minimum atomic E-state index is -0.867. The highest BCUT2D eigenvalue weighted by atomic mass is 32.2. The van der Waals surface area contributed by atoms with Crippen LogP contribution in [0.5, 0.6) is 0 Å². The van der Waals surface area contributed by atoms with Gasteiger partial charge >= 0.3 is 0 Å². The zero-order valence-electron chi connectivity index (χ0n) is 8.23. The number of nitrogens with zero attached hydrogens (tertiary/aromatic N) is 2. The van der Waals surface area contributed by atoms with Crippen LogP contribution in [0.25, 0.3) is 0 Å². The number of nitrogens with two attached hydrogens (primary N) is 1. The molecule has 0 radical (unpaired) electrons. The molecule has 1 unspecified atom stereocenters. The van der Waals surface area contributed by atoms with Crippen LogP contribution in [0.2, 0.25) is 0 Å². The number of carbonyl (C=O) groups is 1. The molecule has 0 aromatic carbocycles. The van der Waals surface area contributed by atoms with E-state index in [0.29, 0.717) is 18.1 Å².